The maximum Gasteiger partial charge on any atom is 0.289 e. The van der Waals surface area contributed by atoms with E-state index >= 15 is 0 Å². The summed E-state index contributed by atoms with van der Waals surface area (Å²) < 4.78 is 39.0. The number of aliphatic hydroxyl groups excluding tert-OH is 1. The molecule has 4 N–H and O–H groups in total. The molecule has 3 nitrogen and oxygen atoms in total. The topological polar surface area (TPSA) is 66.5 Å². The van der Waals surface area contributed by atoms with Crippen molar-refractivity contribution in [2.24, 2.45) is 5.73 Å². The Morgan fingerprint density at radius 3 is 2.41 bits per heavy atom. The molecule has 0 heterocycles. The predicted octanol–water partition coefficient (Wildman–Crippen LogP) is 2.34. The summed E-state index contributed by atoms with van der Waals surface area (Å²) in [5.41, 5.74) is 4.70. The number of nitrogens with two attached hydrogens (primary N) is 1. The fourth-order valence-electron chi connectivity index (χ4n) is 1.15. The van der Waals surface area contributed by atoms with E-state index in [-0.39, 0.29) is 16.9 Å². The van der Waals surface area contributed by atoms with E-state index in [1.165, 1.54) is 0 Å². The molecule has 0 aliphatic rings. The number of hydrogen-bond donors (Lipinski definition) is 3. The van der Waals surface area contributed by atoms with Crippen molar-refractivity contribution >= 4 is 28.3 Å². The van der Waals surface area contributed by atoms with Crippen LogP contribution in [0.15, 0.2) is 16.6 Å². The van der Waals surface area contributed by atoms with Gasteiger partial charge in [-0.05, 0) is 28.1 Å². The van der Waals surface area contributed by atoms with Gasteiger partial charge in [-0.25, -0.2) is 13.2 Å². The molecule has 1 rings (SSSR count). The second kappa shape index (κ2) is 5.90. The Morgan fingerprint density at radius 1 is 1.41 bits per heavy atom. The lowest BCUT2D eigenvalue weighted by atomic mass is 10.0. The molecule has 0 saturated heterocycles. The van der Waals surface area contributed by atoms with Crippen LogP contribution in [0.2, 0.25) is 0 Å². The molecule has 0 fully saturated rings. The normalized spacial score (nSPS) is 13.1. The Balaban J connectivity index is 0.00000256. The zero-order valence-electron chi connectivity index (χ0n) is 8.33. The van der Waals surface area contributed by atoms with Crippen LogP contribution in [0.3, 0.4) is 0 Å². The first kappa shape index (κ1) is 16.5. The lowest BCUT2D eigenvalue weighted by molar-refractivity contribution is -0.0716. The smallest absolute Gasteiger partial charge is 0.289 e. The highest BCUT2D eigenvalue weighted by Crippen LogP contribution is 2.38. The summed E-state index contributed by atoms with van der Waals surface area (Å²) in [7, 11) is 0. The van der Waals surface area contributed by atoms with E-state index in [1.807, 2.05) is 0 Å². The number of aliphatic hydroxyl groups is 1. The van der Waals surface area contributed by atoms with Crippen molar-refractivity contribution in [3.8, 4) is 5.75 Å². The van der Waals surface area contributed by atoms with Crippen molar-refractivity contribution in [3.63, 3.8) is 0 Å². The van der Waals surface area contributed by atoms with E-state index in [4.69, 9.17) is 10.8 Å². The first-order chi connectivity index (χ1) is 7.29. The highest BCUT2D eigenvalue weighted by atomic mass is 79.9. The van der Waals surface area contributed by atoms with E-state index in [1.54, 1.807) is 0 Å². The Bertz CT molecular complexity index is 406. The molecule has 98 valence electrons. The maximum atomic E-state index is 13.1. The lowest BCUT2D eigenvalue weighted by Crippen LogP contribution is -2.36. The van der Waals surface area contributed by atoms with Crippen molar-refractivity contribution < 1.29 is 23.4 Å². The number of aromatic hydroxyl groups is 1. The van der Waals surface area contributed by atoms with Gasteiger partial charge >= 0.3 is 0 Å². The molecule has 0 bridgehead atoms. The minimum atomic E-state index is -3.63. The standard InChI is InChI=1S/C9H9BrF3NO2.ClH/c10-6-2-4(11)1-5(7(6)16)8(14)9(12,13)3-15;/h1-2,8,15-16H,3,14H2;1H/t8-;/m1./s1. The van der Waals surface area contributed by atoms with Gasteiger partial charge in [-0.3, -0.25) is 0 Å². The Morgan fingerprint density at radius 2 is 1.94 bits per heavy atom. The van der Waals surface area contributed by atoms with Crippen LogP contribution in [-0.4, -0.2) is 22.7 Å². The van der Waals surface area contributed by atoms with E-state index in [0.717, 1.165) is 6.07 Å². The van der Waals surface area contributed by atoms with Crippen LogP contribution >= 0.6 is 28.3 Å². The molecule has 0 radical (unpaired) electrons. The summed E-state index contributed by atoms with van der Waals surface area (Å²) in [6.45, 7) is -1.48. The molecule has 1 aromatic carbocycles. The molecule has 0 amide bonds. The largest absolute Gasteiger partial charge is 0.506 e. The quantitative estimate of drug-likeness (QED) is 0.794. The van der Waals surface area contributed by atoms with Gasteiger partial charge in [-0.2, -0.15) is 0 Å². The Hall–Kier alpha value is -0.500. The van der Waals surface area contributed by atoms with Crippen LogP contribution < -0.4 is 5.73 Å². The molecule has 8 heteroatoms. The first-order valence-electron chi connectivity index (χ1n) is 4.21. The first-order valence-corrected chi connectivity index (χ1v) is 5.01. The van der Waals surface area contributed by atoms with Crippen LogP contribution in [0.5, 0.6) is 5.75 Å². The minimum absolute atomic E-state index is 0. The number of hydrogen-bond acceptors (Lipinski definition) is 3. The fraction of sp³-hybridized carbons (Fsp3) is 0.333. The highest BCUT2D eigenvalue weighted by molar-refractivity contribution is 9.10. The molecule has 1 aromatic rings. The second-order valence-corrected chi connectivity index (χ2v) is 4.08. The summed E-state index contributed by atoms with van der Waals surface area (Å²) in [5.74, 6) is -5.02. The van der Waals surface area contributed by atoms with Gasteiger partial charge < -0.3 is 15.9 Å². The second-order valence-electron chi connectivity index (χ2n) is 3.22. The van der Waals surface area contributed by atoms with Crippen molar-refractivity contribution in [2.45, 2.75) is 12.0 Å². The van der Waals surface area contributed by atoms with Crippen LogP contribution in [-0.2, 0) is 0 Å². The van der Waals surface area contributed by atoms with Crippen LogP contribution in [0, 0.1) is 5.82 Å². The van der Waals surface area contributed by atoms with Crippen LogP contribution in [0.1, 0.15) is 11.6 Å². The Kier molecular flexibility index (Phi) is 5.73. The lowest BCUT2D eigenvalue weighted by Gasteiger charge is -2.22. The summed E-state index contributed by atoms with van der Waals surface area (Å²) in [4.78, 5) is 0. The van der Waals surface area contributed by atoms with Gasteiger partial charge in [0.1, 0.15) is 24.2 Å². The third-order valence-corrected chi connectivity index (χ3v) is 2.66. The third kappa shape index (κ3) is 3.48. The molecule has 0 aromatic heterocycles. The number of rotatable bonds is 3. The van der Waals surface area contributed by atoms with Crippen LogP contribution in [0.4, 0.5) is 13.2 Å². The summed E-state index contributed by atoms with van der Waals surface area (Å²) >= 11 is 2.80. The van der Waals surface area contributed by atoms with Gasteiger partial charge in [-0.1, -0.05) is 0 Å². The number of alkyl halides is 2. The molecule has 0 aliphatic carbocycles. The van der Waals surface area contributed by atoms with Gasteiger partial charge in [0, 0.05) is 5.56 Å². The van der Waals surface area contributed by atoms with E-state index in [2.05, 4.69) is 15.9 Å². The summed E-state index contributed by atoms with van der Waals surface area (Å²) in [5, 5.41) is 17.9. The average molecular weight is 337 g/mol. The third-order valence-electron chi connectivity index (χ3n) is 2.06. The monoisotopic (exact) mass is 335 g/mol. The van der Waals surface area contributed by atoms with Crippen molar-refractivity contribution in [1.82, 2.24) is 0 Å². The molecule has 0 aliphatic heterocycles. The van der Waals surface area contributed by atoms with E-state index in [0.29, 0.717) is 6.07 Å². The van der Waals surface area contributed by atoms with E-state index in [9.17, 15) is 18.3 Å². The molecule has 0 spiro atoms. The predicted molar refractivity (Wildman–Crippen MR) is 62.0 cm³/mol. The zero-order chi connectivity index (χ0) is 12.5. The van der Waals surface area contributed by atoms with Crippen molar-refractivity contribution in [1.29, 1.82) is 0 Å². The summed E-state index contributed by atoms with van der Waals surface area (Å²) in [6, 6.07) is -0.360. The van der Waals surface area contributed by atoms with Gasteiger partial charge in [0.25, 0.3) is 5.92 Å². The van der Waals surface area contributed by atoms with Crippen molar-refractivity contribution in [2.75, 3.05) is 6.61 Å². The van der Waals surface area contributed by atoms with Gasteiger partial charge in [0.05, 0.1) is 4.47 Å². The molecular weight excluding hydrogens is 326 g/mol. The Labute approximate surface area is 110 Å². The van der Waals surface area contributed by atoms with Gasteiger partial charge in [-0.15, -0.1) is 12.4 Å². The van der Waals surface area contributed by atoms with Gasteiger partial charge in [0.2, 0.25) is 0 Å². The fourth-order valence-corrected chi connectivity index (χ4v) is 1.60. The molecular formula is C9H10BrClF3NO2. The highest BCUT2D eigenvalue weighted by Gasteiger charge is 2.39. The number of halogens is 5. The molecule has 1 atom stereocenters. The van der Waals surface area contributed by atoms with Crippen LogP contribution in [0.25, 0.3) is 0 Å². The SMILES string of the molecule is Cl.N[C@H](c1cc(F)cc(Br)c1O)C(F)(F)CO. The van der Waals surface area contributed by atoms with E-state index < -0.39 is 35.7 Å². The number of benzene rings is 1. The average Bonchev–Trinajstić information content (AvgIpc) is 2.22. The zero-order valence-corrected chi connectivity index (χ0v) is 10.7. The summed E-state index contributed by atoms with van der Waals surface area (Å²) in [6.07, 6.45) is 0. The minimum Gasteiger partial charge on any atom is -0.506 e. The van der Waals surface area contributed by atoms with Crippen molar-refractivity contribution in [3.05, 3.63) is 28.0 Å². The van der Waals surface area contributed by atoms with Gasteiger partial charge in [0.15, 0.2) is 0 Å². The maximum absolute atomic E-state index is 13.1. The molecule has 0 unspecified atom stereocenters. The number of phenols is 1. The molecule has 17 heavy (non-hydrogen) atoms. The molecule has 0 saturated carbocycles. The number of phenolic OH excluding ortho intramolecular Hbond substituents is 1.